The summed E-state index contributed by atoms with van der Waals surface area (Å²) in [4.78, 5) is 35.1. The number of aromatic nitrogens is 2. The lowest BCUT2D eigenvalue weighted by Gasteiger charge is -2.33. The minimum atomic E-state index is -0.480. The van der Waals surface area contributed by atoms with Crippen LogP contribution in [0.25, 0.3) is 16.6 Å². The molecule has 0 radical (unpaired) electrons. The van der Waals surface area contributed by atoms with Crippen LogP contribution in [0.4, 0.5) is 0 Å². The molecule has 202 valence electrons. The lowest BCUT2D eigenvalue weighted by molar-refractivity contribution is 0.0662. The van der Waals surface area contributed by atoms with Gasteiger partial charge in [0.05, 0.1) is 33.2 Å². The molecule has 6 heteroatoms. The maximum absolute atomic E-state index is 14.2. The third-order valence-corrected chi connectivity index (χ3v) is 7.79. The number of aryl methyl sites for hydroxylation is 2. The number of carbonyl (C=O) groups excluding carboxylic acids is 1. The molecule has 0 aliphatic rings. The van der Waals surface area contributed by atoms with Gasteiger partial charge in [-0.1, -0.05) is 79.2 Å². The lowest BCUT2D eigenvalue weighted by atomic mass is 10.0. The minimum absolute atomic E-state index is 0.157. The van der Waals surface area contributed by atoms with E-state index in [1.54, 1.807) is 22.8 Å². The Kier molecular flexibility index (Phi) is 8.13. The highest BCUT2D eigenvalue weighted by Gasteiger charge is 2.30. The van der Waals surface area contributed by atoms with E-state index >= 15 is 0 Å². The van der Waals surface area contributed by atoms with Gasteiger partial charge in [-0.05, 0) is 79.8 Å². The fraction of sp³-hybridized carbons (Fsp3) is 0.206. The summed E-state index contributed by atoms with van der Waals surface area (Å²) in [6, 6.07) is 30.0. The number of benzene rings is 4. The van der Waals surface area contributed by atoms with Crippen molar-refractivity contribution in [2.24, 2.45) is 0 Å². The highest BCUT2D eigenvalue weighted by molar-refractivity contribution is 6.33. The molecular weight excluding hydrogens is 518 g/mol. The third kappa shape index (κ3) is 5.43. The van der Waals surface area contributed by atoms with E-state index in [0.29, 0.717) is 46.7 Å². The van der Waals surface area contributed by atoms with Gasteiger partial charge in [0, 0.05) is 6.54 Å². The van der Waals surface area contributed by atoms with Gasteiger partial charge < -0.3 is 4.90 Å². The summed E-state index contributed by atoms with van der Waals surface area (Å²) in [5.74, 6) is 0.338. The molecule has 0 aliphatic heterocycles. The van der Waals surface area contributed by atoms with Gasteiger partial charge in [0.25, 0.3) is 11.5 Å². The molecule has 0 saturated carbocycles. The minimum Gasteiger partial charge on any atom is -0.328 e. The average Bonchev–Trinajstić information content (AvgIpc) is 2.97. The van der Waals surface area contributed by atoms with Gasteiger partial charge in [-0.15, -0.1) is 0 Å². The summed E-state index contributed by atoms with van der Waals surface area (Å²) < 4.78 is 1.68. The van der Waals surface area contributed by atoms with Crippen LogP contribution in [-0.2, 0) is 6.42 Å². The first-order valence-electron chi connectivity index (χ1n) is 13.6. The SMILES string of the molecule is CCC(c1nc2ccccc2c(=O)n1-c1ccc(C)c(C)c1)N(CCc1ccccc1)C(=O)c1ccccc1Cl. The number of nitrogens with zero attached hydrogens (tertiary/aromatic N) is 3. The van der Waals surface area contributed by atoms with Gasteiger partial charge in [0.2, 0.25) is 0 Å². The van der Waals surface area contributed by atoms with Crippen molar-refractivity contribution in [3.05, 3.63) is 141 Å². The van der Waals surface area contributed by atoms with E-state index in [4.69, 9.17) is 16.6 Å². The van der Waals surface area contributed by atoms with Crippen LogP contribution in [0.3, 0.4) is 0 Å². The largest absolute Gasteiger partial charge is 0.328 e. The molecule has 40 heavy (non-hydrogen) atoms. The topological polar surface area (TPSA) is 55.2 Å². The second kappa shape index (κ2) is 11.9. The Bertz CT molecular complexity index is 1730. The van der Waals surface area contributed by atoms with Gasteiger partial charge in [-0.3, -0.25) is 14.2 Å². The van der Waals surface area contributed by atoms with Crippen LogP contribution in [-0.4, -0.2) is 26.9 Å². The lowest BCUT2D eigenvalue weighted by Crippen LogP contribution is -2.40. The van der Waals surface area contributed by atoms with Crippen molar-refractivity contribution < 1.29 is 4.79 Å². The van der Waals surface area contributed by atoms with E-state index in [0.717, 1.165) is 22.4 Å². The highest BCUT2D eigenvalue weighted by Crippen LogP contribution is 2.30. The maximum Gasteiger partial charge on any atom is 0.266 e. The Morgan fingerprint density at radius 3 is 2.33 bits per heavy atom. The molecule has 0 saturated heterocycles. The second-order valence-electron chi connectivity index (χ2n) is 10.0. The summed E-state index contributed by atoms with van der Waals surface area (Å²) in [5, 5.41) is 0.928. The van der Waals surface area contributed by atoms with Gasteiger partial charge in [0.1, 0.15) is 5.82 Å². The molecular formula is C34H32ClN3O2. The van der Waals surface area contributed by atoms with Crippen LogP contribution < -0.4 is 5.56 Å². The van der Waals surface area contributed by atoms with Crippen LogP contribution in [0, 0.1) is 13.8 Å². The number of amides is 1. The van der Waals surface area contributed by atoms with Crippen LogP contribution in [0.5, 0.6) is 0 Å². The van der Waals surface area contributed by atoms with E-state index in [1.807, 2.05) is 92.4 Å². The summed E-state index contributed by atoms with van der Waals surface area (Å²) in [5.41, 5.74) is 4.93. The number of hydrogen-bond acceptors (Lipinski definition) is 3. The van der Waals surface area contributed by atoms with Gasteiger partial charge in [-0.2, -0.15) is 0 Å². The van der Waals surface area contributed by atoms with Crippen molar-refractivity contribution in [2.45, 2.75) is 39.7 Å². The number of fused-ring (bicyclic) bond motifs is 1. The first-order chi connectivity index (χ1) is 19.4. The molecule has 4 aromatic carbocycles. The zero-order valence-corrected chi connectivity index (χ0v) is 23.7. The van der Waals surface area contributed by atoms with Crippen molar-refractivity contribution in [2.75, 3.05) is 6.54 Å². The molecule has 1 heterocycles. The number of para-hydroxylation sites is 1. The molecule has 0 spiro atoms. The molecule has 1 amide bonds. The standard InChI is InChI=1S/C34H32ClN3O2/c1-4-31(37(21-20-25-12-6-5-7-13-25)33(39)27-14-8-10-16-29(27)35)32-36-30-17-11-9-15-28(30)34(40)38(32)26-19-18-23(2)24(3)22-26/h5-19,22,31H,4,20-21H2,1-3H3. The summed E-state index contributed by atoms with van der Waals surface area (Å²) in [7, 11) is 0. The van der Waals surface area contributed by atoms with Crippen molar-refractivity contribution in [3.8, 4) is 5.69 Å². The van der Waals surface area contributed by atoms with Crippen LogP contribution >= 0.6 is 11.6 Å². The van der Waals surface area contributed by atoms with Crippen molar-refractivity contribution in [3.63, 3.8) is 0 Å². The molecule has 1 aromatic heterocycles. The molecule has 0 bridgehead atoms. The quantitative estimate of drug-likeness (QED) is 0.201. The van der Waals surface area contributed by atoms with Crippen molar-refractivity contribution >= 4 is 28.4 Å². The average molecular weight is 550 g/mol. The first-order valence-corrected chi connectivity index (χ1v) is 14.0. The van der Waals surface area contributed by atoms with E-state index in [-0.39, 0.29) is 11.5 Å². The molecule has 5 rings (SSSR count). The Hall–Kier alpha value is -4.22. The van der Waals surface area contributed by atoms with Crippen molar-refractivity contribution in [1.82, 2.24) is 14.5 Å². The van der Waals surface area contributed by atoms with E-state index in [2.05, 4.69) is 12.1 Å². The zero-order chi connectivity index (χ0) is 28.2. The zero-order valence-electron chi connectivity index (χ0n) is 23.0. The predicted octanol–water partition coefficient (Wildman–Crippen LogP) is 7.49. The van der Waals surface area contributed by atoms with Crippen molar-refractivity contribution in [1.29, 1.82) is 0 Å². The molecule has 0 fully saturated rings. The second-order valence-corrected chi connectivity index (χ2v) is 10.4. The predicted molar refractivity (Wildman–Crippen MR) is 162 cm³/mol. The molecule has 1 unspecified atom stereocenters. The smallest absolute Gasteiger partial charge is 0.266 e. The van der Waals surface area contributed by atoms with E-state index in [1.165, 1.54) is 0 Å². The Labute approximate surface area is 239 Å². The monoisotopic (exact) mass is 549 g/mol. The van der Waals surface area contributed by atoms with E-state index < -0.39 is 6.04 Å². The normalized spacial score (nSPS) is 11.9. The first kappa shape index (κ1) is 27.4. The number of rotatable bonds is 8. The number of hydrogen-bond donors (Lipinski definition) is 0. The molecule has 0 N–H and O–H groups in total. The summed E-state index contributed by atoms with van der Waals surface area (Å²) >= 11 is 6.52. The summed E-state index contributed by atoms with van der Waals surface area (Å²) in [6.07, 6.45) is 1.20. The summed E-state index contributed by atoms with van der Waals surface area (Å²) in [6.45, 7) is 6.53. The van der Waals surface area contributed by atoms with Crippen LogP contribution in [0.2, 0.25) is 5.02 Å². The fourth-order valence-corrected chi connectivity index (χ4v) is 5.33. The van der Waals surface area contributed by atoms with Crippen LogP contribution in [0.1, 0.15) is 52.3 Å². The van der Waals surface area contributed by atoms with Gasteiger partial charge >= 0.3 is 0 Å². The number of carbonyl (C=O) groups is 1. The van der Waals surface area contributed by atoms with Crippen LogP contribution in [0.15, 0.2) is 102 Å². The highest BCUT2D eigenvalue weighted by atomic mass is 35.5. The molecule has 5 aromatic rings. The van der Waals surface area contributed by atoms with Gasteiger partial charge in [0.15, 0.2) is 0 Å². The van der Waals surface area contributed by atoms with E-state index in [9.17, 15) is 9.59 Å². The fourth-order valence-electron chi connectivity index (χ4n) is 5.11. The number of halogens is 1. The van der Waals surface area contributed by atoms with Gasteiger partial charge in [-0.25, -0.2) is 4.98 Å². The molecule has 5 nitrogen and oxygen atoms in total. The molecule has 1 atom stereocenters. The third-order valence-electron chi connectivity index (χ3n) is 7.46. The Morgan fingerprint density at radius 1 is 0.900 bits per heavy atom. The Morgan fingerprint density at radius 2 is 1.60 bits per heavy atom. The Balaban J connectivity index is 1.71. The molecule has 0 aliphatic carbocycles. The maximum atomic E-state index is 14.2.